The van der Waals surface area contributed by atoms with Gasteiger partial charge in [-0.05, 0) is 0 Å². The molecular formula is C11H12O2Sn. The zero-order chi connectivity index (χ0) is 10.4. The number of carbonyl (C=O) groups excluding carboxylic acids is 1. The van der Waals surface area contributed by atoms with Crippen molar-refractivity contribution in [2.75, 3.05) is 0 Å². The molecule has 72 valence electrons. The Morgan fingerprint density at radius 2 is 2.07 bits per heavy atom. The van der Waals surface area contributed by atoms with Crippen LogP contribution in [0.2, 0.25) is 0 Å². The van der Waals surface area contributed by atoms with Crippen molar-refractivity contribution >= 4 is 27.5 Å². The third-order valence-electron chi connectivity index (χ3n) is 1.63. The van der Waals surface area contributed by atoms with Crippen molar-refractivity contribution in [3.63, 3.8) is 0 Å². The summed E-state index contributed by atoms with van der Waals surface area (Å²) >= 11 is -1.06. The first kappa shape index (κ1) is 11.3. The first-order chi connectivity index (χ1) is 6.70. The molecule has 0 saturated heterocycles. The zero-order valence-electron chi connectivity index (χ0n) is 8.12. The van der Waals surface area contributed by atoms with Crippen LogP contribution in [0, 0.1) is 0 Å². The molecule has 0 aromatic heterocycles. The molecule has 14 heavy (non-hydrogen) atoms. The zero-order valence-corrected chi connectivity index (χ0v) is 11.0. The molecule has 0 N–H and O–H groups in total. The molecule has 1 aromatic rings. The van der Waals surface area contributed by atoms with E-state index in [1.165, 1.54) is 5.56 Å². The number of hydrogen-bond donors (Lipinski definition) is 0. The van der Waals surface area contributed by atoms with Crippen LogP contribution in [0.5, 0.6) is 0 Å². The van der Waals surface area contributed by atoms with E-state index in [0.29, 0.717) is 5.57 Å². The van der Waals surface area contributed by atoms with Gasteiger partial charge < -0.3 is 0 Å². The van der Waals surface area contributed by atoms with Gasteiger partial charge in [0.25, 0.3) is 0 Å². The van der Waals surface area contributed by atoms with E-state index >= 15 is 0 Å². The van der Waals surface area contributed by atoms with E-state index in [0.717, 1.165) is 4.44 Å². The van der Waals surface area contributed by atoms with Crippen LogP contribution in [0.3, 0.4) is 0 Å². The summed E-state index contributed by atoms with van der Waals surface area (Å²) in [4.78, 5) is 11.1. The second-order valence-corrected chi connectivity index (χ2v) is 5.39. The van der Waals surface area contributed by atoms with Crippen LogP contribution in [0.4, 0.5) is 0 Å². The predicted molar refractivity (Wildman–Crippen MR) is 56.8 cm³/mol. The number of carbonyl (C=O) groups is 1. The molecule has 0 unspecified atom stereocenters. The minimum absolute atomic E-state index is 0.243. The molecule has 0 aliphatic carbocycles. The van der Waals surface area contributed by atoms with Crippen molar-refractivity contribution in [1.82, 2.24) is 0 Å². The van der Waals surface area contributed by atoms with Gasteiger partial charge in [-0.25, -0.2) is 0 Å². The molecule has 2 radical (unpaired) electrons. The van der Waals surface area contributed by atoms with Gasteiger partial charge in [0.1, 0.15) is 0 Å². The fourth-order valence-electron chi connectivity index (χ4n) is 0.868. The molecule has 3 heteroatoms. The van der Waals surface area contributed by atoms with Gasteiger partial charge in [0.2, 0.25) is 0 Å². The van der Waals surface area contributed by atoms with Crippen LogP contribution in [0.15, 0.2) is 42.5 Å². The standard InChI is InChI=1S/C7H7.C4H6O2.Sn/c1-7-5-3-2-4-6-7;1-3(2)4(5)6;/h2-6H,1H2;1H2,2H3,(H,5,6);/q;;+1/p-1. The molecule has 0 aliphatic heterocycles. The Hall–Kier alpha value is -0.771. The van der Waals surface area contributed by atoms with E-state index in [1.807, 2.05) is 18.2 Å². The van der Waals surface area contributed by atoms with Crippen LogP contribution < -0.4 is 0 Å². The van der Waals surface area contributed by atoms with E-state index in [4.69, 9.17) is 3.07 Å². The Morgan fingerprint density at radius 1 is 1.43 bits per heavy atom. The molecule has 0 amide bonds. The van der Waals surface area contributed by atoms with Gasteiger partial charge in [0.15, 0.2) is 0 Å². The summed E-state index contributed by atoms with van der Waals surface area (Å²) in [6, 6.07) is 10.1. The van der Waals surface area contributed by atoms with Gasteiger partial charge in [-0.1, -0.05) is 0 Å². The topological polar surface area (TPSA) is 26.3 Å². The summed E-state index contributed by atoms with van der Waals surface area (Å²) in [6.07, 6.45) is 0. The summed E-state index contributed by atoms with van der Waals surface area (Å²) < 4.78 is 6.06. The Bertz CT molecular complexity index is 319. The maximum absolute atomic E-state index is 11.1. The summed E-state index contributed by atoms with van der Waals surface area (Å²) in [7, 11) is 0. The SMILES string of the molecule is C=C(C)C(=O)[O][Sn][CH2]c1ccccc1. The molecule has 0 spiro atoms. The van der Waals surface area contributed by atoms with Crippen LogP contribution in [-0.2, 0) is 12.3 Å². The van der Waals surface area contributed by atoms with Crippen molar-refractivity contribution in [2.45, 2.75) is 11.4 Å². The molecule has 0 bridgehead atoms. The minimum atomic E-state index is -1.06. The van der Waals surface area contributed by atoms with Gasteiger partial charge in [-0.3, -0.25) is 0 Å². The van der Waals surface area contributed by atoms with Gasteiger partial charge >= 0.3 is 94.8 Å². The van der Waals surface area contributed by atoms with Gasteiger partial charge in [-0.15, -0.1) is 0 Å². The molecule has 0 heterocycles. The number of hydrogen-bond acceptors (Lipinski definition) is 2. The second-order valence-electron chi connectivity index (χ2n) is 2.98. The maximum atomic E-state index is 11.1. The quantitative estimate of drug-likeness (QED) is 0.626. The number of rotatable bonds is 4. The van der Waals surface area contributed by atoms with Crippen molar-refractivity contribution in [2.24, 2.45) is 0 Å². The molecule has 0 atom stereocenters. The molecule has 0 saturated carbocycles. The van der Waals surface area contributed by atoms with Gasteiger partial charge in [-0.2, -0.15) is 0 Å². The first-order valence-electron chi connectivity index (χ1n) is 4.33. The molecule has 1 aromatic carbocycles. The van der Waals surface area contributed by atoms with E-state index in [-0.39, 0.29) is 5.97 Å². The summed E-state index contributed by atoms with van der Waals surface area (Å²) in [6.45, 7) is 5.20. The van der Waals surface area contributed by atoms with E-state index < -0.39 is 21.6 Å². The summed E-state index contributed by atoms with van der Waals surface area (Å²) in [5, 5.41) is 0. The first-order valence-corrected chi connectivity index (χ1v) is 7.52. The average molecular weight is 295 g/mol. The molecular weight excluding hydrogens is 283 g/mol. The monoisotopic (exact) mass is 296 g/mol. The molecule has 2 nitrogen and oxygen atoms in total. The average Bonchev–Trinajstić information content (AvgIpc) is 2.19. The van der Waals surface area contributed by atoms with E-state index in [1.54, 1.807) is 6.92 Å². The van der Waals surface area contributed by atoms with Crippen LogP contribution >= 0.6 is 0 Å². The Kier molecular flexibility index (Phi) is 4.73. The third-order valence-corrected chi connectivity index (χ3v) is 4.15. The van der Waals surface area contributed by atoms with E-state index in [2.05, 4.69) is 18.7 Å². The van der Waals surface area contributed by atoms with Crippen molar-refractivity contribution in [1.29, 1.82) is 0 Å². The third kappa shape index (κ3) is 3.96. The Morgan fingerprint density at radius 3 is 2.64 bits per heavy atom. The van der Waals surface area contributed by atoms with E-state index in [9.17, 15) is 4.79 Å². The van der Waals surface area contributed by atoms with Crippen molar-refractivity contribution in [3.8, 4) is 0 Å². The fourth-order valence-corrected chi connectivity index (χ4v) is 3.09. The normalized spacial score (nSPS) is 9.50. The Balaban J connectivity index is 2.29. The van der Waals surface area contributed by atoms with Crippen LogP contribution in [-0.4, -0.2) is 27.5 Å². The Labute approximate surface area is 94.7 Å². The molecule has 0 fully saturated rings. The van der Waals surface area contributed by atoms with Gasteiger partial charge in [0.05, 0.1) is 0 Å². The number of benzene rings is 1. The van der Waals surface area contributed by atoms with Crippen LogP contribution in [0.1, 0.15) is 12.5 Å². The predicted octanol–water partition coefficient (Wildman–Crippen LogP) is 1.93. The summed E-state index contributed by atoms with van der Waals surface area (Å²) in [5.74, 6) is -0.243. The summed E-state index contributed by atoms with van der Waals surface area (Å²) in [5.41, 5.74) is 1.73. The second kappa shape index (κ2) is 5.85. The van der Waals surface area contributed by atoms with Gasteiger partial charge in [0, 0.05) is 0 Å². The van der Waals surface area contributed by atoms with Crippen molar-refractivity contribution < 1.29 is 7.87 Å². The van der Waals surface area contributed by atoms with Crippen molar-refractivity contribution in [3.05, 3.63) is 48.0 Å². The fraction of sp³-hybridized carbons (Fsp3) is 0.182. The molecule has 0 aliphatic rings. The van der Waals surface area contributed by atoms with Crippen LogP contribution in [0.25, 0.3) is 0 Å². The molecule has 1 rings (SSSR count).